The van der Waals surface area contributed by atoms with Crippen molar-refractivity contribution < 1.29 is 22.1 Å². The van der Waals surface area contributed by atoms with Crippen LogP contribution in [-0.4, -0.2) is 15.1 Å². The molecule has 0 radical (unpaired) electrons. The molecule has 0 aliphatic heterocycles. The molecule has 0 amide bonds. The highest BCUT2D eigenvalue weighted by molar-refractivity contribution is 5.45. The second-order valence-corrected chi connectivity index (χ2v) is 3.29. The largest absolute Gasteiger partial charge is 0.371 e. The minimum absolute atomic E-state index is 0.0175. The summed E-state index contributed by atoms with van der Waals surface area (Å²) in [6.07, 6.45) is 0. The Morgan fingerprint density at radius 1 is 1.06 bits per heavy atom. The number of halogens is 4. The van der Waals surface area contributed by atoms with Crippen LogP contribution in [0.1, 0.15) is 11.7 Å². The molecule has 0 aliphatic rings. The van der Waals surface area contributed by atoms with E-state index >= 15 is 0 Å². The fourth-order valence-corrected chi connectivity index (χ4v) is 1.22. The normalized spacial score (nSPS) is 10.7. The lowest BCUT2D eigenvalue weighted by Crippen LogP contribution is -2.09. The van der Waals surface area contributed by atoms with Crippen molar-refractivity contribution in [1.29, 1.82) is 0 Å². The first kappa shape index (κ1) is 12.3. The molecule has 0 atom stereocenters. The summed E-state index contributed by atoms with van der Waals surface area (Å²) >= 11 is 0. The molecule has 0 saturated carbocycles. The van der Waals surface area contributed by atoms with E-state index in [4.69, 9.17) is 0 Å². The Balaban J connectivity index is 2.24. The summed E-state index contributed by atoms with van der Waals surface area (Å²) in [7, 11) is 0. The van der Waals surface area contributed by atoms with Gasteiger partial charge >= 0.3 is 0 Å². The minimum Gasteiger partial charge on any atom is -0.371 e. The monoisotopic (exact) mass is 262 g/mol. The molecule has 0 aromatic carbocycles. The zero-order valence-corrected chi connectivity index (χ0v) is 8.97. The maximum Gasteiger partial charge on any atom is 0.253 e. The van der Waals surface area contributed by atoms with Crippen LogP contribution >= 0.6 is 0 Å². The fourth-order valence-electron chi connectivity index (χ4n) is 1.22. The number of nitrogens with zero attached hydrogens (tertiary/aromatic N) is 3. The molecule has 96 valence electrons. The molecule has 2 rings (SSSR count). The van der Waals surface area contributed by atoms with Gasteiger partial charge in [0.1, 0.15) is 5.69 Å². The molecule has 0 unspecified atom stereocenters. The summed E-state index contributed by atoms with van der Waals surface area (Å²) in [5.74, 6) is -6.38. The van der Waals surface area contributed by atoms with E-state index < -0.39 is 29.2 Å². The van der Waals surface area contributed by atoms with Crippen LogP contribution in [0.3, 0.4) is 0 Å². The zero-order valence-electron chi connectivity index (χ0n) is 8.97. The van der Waals surface area contributed by atoms with Gasteiger partial charge < -0.3 is 9.84 Å². The third kappa shape index (κ3) is 2.24. The van der Waals surface area contributed by atoms with Crippen molar-refractivity contribution in [3.63, 3.8) is 0 Å². The van der Waals surface area contributed by atoms with Gasteiger partial charge in [0.15, 0.2) is 5.82 Å². The van der Waals surface area contributed by atoms with Crippen LogP contribution in [0.4, 0.5) is 23.2 Å². The quantitative estimate of drug-likeness (QED) is 0.676. The van der Waals surface area contributed by atoms with Crippen molar-refractivity contribution in [1.82, 2.24) is 15.1 Å². The van der Waals surface area contributed by atoms with Crippen molar-refractivity contribution in [3.8, 4) is 0 Å². The summed E-state index contributed by atoms with van der Waals surface area (Å²) in [5, 5.41) is 5.56. The standard InChI is InChI=1S/C9H6F4N4O/c1-3-15-4(18-17-3)2-14-7-5(10)8(12)16-9(13)6(7)11/h2H2,1H3,(H,14,16). The lowest BCUT2D eigenvalue weighted by molar-refractivity contribution is 0.377. The molecule has 2 aromatic heterocycles. The van der Waals surface area contributed by atoms with Gasteiger partial charge in [-0.05, 0) is 6.92 Å². The molecule has 0 spiro atoms. The summed E-state index contributed by atoms with van der Waals surface area (Å²) < 4.78 is 56.5. The van der Waals surface area contributed by atoms with Crippen molar-refractivity contribution >= 4 is 5.69 Å². The fraction of sp³-hybridized carbons (Fsp3) is 0.222. The zero-order chi connectivity index (χ0) is 13.3. The average Bonchev–Trinajstić information content (AvgIpc) is 2.73. The molecule has 0 bridgehead atoms. The molecule has 1 N–H and O–H groups in total. The van der Waals surface area contributed by atoms with Crippen LogP contribution in [0.5, 0.6) is 0 Å². The first-order valence-corrected chi connectivity index (χ1v) is 4.72. The van der Waals surface area contributed by atoms with E-state index in [0.717, 1.165) is 0 Å². The number of anilines is 1. The number of nitrogens with one attached hydrogen (secondary N) is 1. The summed E-state index contributed by atoms with van der Waals surface area (Å²) in [4.78, 5) is 6.16. The predicted octanol–water partition coefficient (Wildman–Crippen LogP) is 1.94. The molecule has 2 heterocycles. The van der Waals surface area contributed by atoms with Crippen LogP contribution in [0, 0.1) is 30.5 Å². The summed E-state index contributed by atoms with van der Waals surface area (Å²) in [5.41, 5.74) is -0.976. The van der Waals surface area contributed by atoms with E-state index in [1.807, 2.05) is 0 Å². The molecule has 2 aromatic rings. The van der Waals surface area contributed by atoms with Crippen molar-refractivity contribution in [2.75, 3.05) is 5.32 Å². The third-order valence-corrected chi connectivity index (χ3v) is 1.98. The Kier molecular flexibility index (Phi) is 3.13. The highest BCUT2D eigenvalue weighted by Crippen LogP contribution is 2.22. The maximum absolute atomic E-state index is 13.2. The van der Waals surface area contributed by atoms with Crippen LogP contribution in [0.25, 0.3) is 0 Å². The molecular formula is C9H6F4N4O. The number of hydrogen-bond donors (Lipinski definition) is 1. The summed E-state index contributed by atoms with van der Waals surface area (Å²) in [6, 6.07) is 0. The van der Waals surface area contributed by atoms with Gasteiger partial charge in [0.05, 0.1) is 6.54 Å². The van der Waals surface area contributed by atoms with Crippen LogP contribution in [0.15, 0.2) is 4.52 Å². The van der Waals surface area contributed by atoms with Gasteiger partial charge in [0.2, 0.25) is 17.5 Å². The Labute approximate surface area is 97.8 Å². The van der Waals surface area contributed by atoms with E-state index in [0.29, 0.717) is 5.82 Å². The number of aryl methyl sites for hydroxylation is 1. The van der Waals surface area contributed by atoms with Crippen molar-refractivity contribution in [2.45, 2.75) is 13.5 Å². The van der Waals surface area contributed by atoms with E-state index in [9.17, 15) is 17.6 Å². The van der Waals surface area contributed by atoms with E-state index in [2.05, 4.69) is 25.0 Å². The SMILES string of the molecule is Cc1noc(CNc2c(F)c(F)nc(F)c2F)n1. The van der Waals surface area contributed by atoms with Gasteiger partial charge in [0.25, 0.3) is 11.9 Å². The summed E-state index contributed by atoms with van der Waals surface area (Å²) in [6.45, 7) is 1.26. The second kappa shape index (κ2) is 4.59. The van der Waals surface area contributed by atoms with Gasteiger partial charge in [-0.3, -0.25) is 0 Å². The molecule has 0 fully saturated rings. The second-order valence-electron chi connectivity index (χ2n) is 3.29. The Morgan fingerprint density at radius 2 is 1.67 bits per heavy atom. The van der Waals surface area contributed by atoms with E-state index in [-0.39, 0.29) is 12.4 Å². The Hall–Kier alpha value is -2.19. The third-order valence-electron chi connectivity index (χ3n) is 1.98. The lowest BCUT2D eigenvalue weighted by Gasteiger charge is -2.06. The van der Waals surface area contributed by atoms with E-state index in [1.165, 1.54) is 0 Å². The van der Waals surface area contributed by atoms with Gasteiger partial charge in [-0.2, -0.15) is 27.5 Å². The van der Waals surface area contributed by atoms with Gasteiger partial charge in [-0.25, -0.2) is 0 Å². The smallest absolute Gasteiger partial charge is 0.253 e. The highest BCUT2D eigenvalue weighted by Gasteiger charge is 2.20. The van der Waals surface area contributed by atoms with Gasteiger partial charge in [-0.15, -0.1) is 0 Å². The van der Waals surface area contributed by atoms with Gasteiger partial charge in [-0.1, -0.05) is 5.16 Å². The van der Waals surface area contributed by atoms with Crippen LogP contribution < -0.4 is 5.32 Å². The predicted molar refractivity (Wildman–Crippen MR) is 50.4 cm³/mol. The first-order chi connectivity index (χ1) is 8.49. The van der Waals surface area contributed by atoms with E-state index in [1.54, 1.807) is 6.92 Å². The Morgan fingerprint density at radius 3 is 2.17 bits per heavy atom. The minimum atomic E-state index is -1.74. The average molecular weight is 262 g/mol. The number of rotatable bonds is 3. The number of hydrogen-bond acceptors (Lipinski definition) is 5. The molecule has 9 heteroatoms. The van der Waals surface area contributed by atoms with Crippen molar-refractivity contribution in [2.24, 2.45) is 0 Å². The lowest BCUT2D eigenvalue weighted by atomic mass is 10.3. The number of aromatic nitrogens is 3. The maximum atomic E-state index is 13.2. The molecule has 5 nitrogen and oxygen atoms in total. The number of pyridine rings is 1. The molecular weight excluding hydrogens is 256 g/mol. The highest BCUT2D eigenvalue weighted by atomic mass is 19.2. The van der Waals surface area contributed by atoms with Crippen molar-refractivity contribution in [3.05, 3.63) is 35.2 Å². The Bertz CT molecular complexity index is 560. The molecule has 0 aliphatic carbocycles. The topological polar surface area (TPSA) is 63.8 Å². The molecule has 18 heavy (non-hydrogen) atoms. The molecule has 0 saturated heterocycles. The van der Waals surface area contributed by atoms with Crippen LogP contribution in [0.2, 0.25) is 0 Å². The van der Waals surface area contributed by atoms with Crippen LogP contribution in [-0.2, 0) is 6.54 Å². The first-order valence-electron chi connectivity index (χ1n) is 4.72. The van der Waals surface area contributed by atoms with Gasteiger partial charge in [0, 0.05) is 0 Å².